The molecule has 1 aromatic rings. The Bertz CT molecular complexity index is 466. The predicted octanol–water partition coefficient (Wildman–Crippen LogP) is -0.213. The number of rotatable bonds is 2. The van der Waals surface area contributed by atoms with Gasteiger partial charge < -0.3 is 14.7 Å². The molecule has 18 heavy (non-hydrogen) atoms. The molecule has 1 fully saturated rings. The molecule has 0 aliphatic carbocycles. The van der Waals surface area contributed by atoms with Crippen molar-refractivity contribution in [2.24, 2.45) is 0 Å². The Morgan fingerprint density at radius 3 is 3.11 bits per heavy atom. The van der Waals surface area contributed by atoms with E-state index in [0.717, 1.165) is 0 Å². The first kappa shape index (κ1) is 12.5. The van der Waals surface area contributed by atoms with Crippen molar-refractivity contribution in [1.82, 2.24) is 9.88 Å². The summed E-state index contributed by atoms with van der Waals surface area (Å²) in [5, 5.41) is 17.7. The van der Waals surface area contributed by atoms with Gasteiger partial charge in [0.15, 0.2) is 0 Å². The van der Waals surface area contributed by atoms with Gasteiger partial charge in [-0.3, -0.25) is 4.79 Å². The molecule has 0 radical (unpaired) electrons. The summed E-state index contributed by atoms with van der Waals surface area (Å²) in [6.45, 7) is 1.14. The second kappa shape index (κ2) is 5.58. The Morgan fingerprint density at radius 2 is 2.50 bits per heavy atom. The van der Waals surface area contributed by atoms with Crippen LogP contribution < -0.4 is 0 Å². The zero-order valence-electron chi connectivity index (χ0n) is 9.74. The molecule has 2 rings (SSSR count). The molecule has 6 nitrogen and oxygen atoms in total. The predicted molar refractivity (Wildman–Crippen MR) is 61.7 cm³/mol. The average Bonchev–Trinajstić information content (AvgIpc) is 2.46. The number of aromatic nitrogens is 1. The lowest BCUT2D eigenvalue weighted by atomic mass is 10.2. The van der Waals surface area contributed by atoms with E-state index in [-0.39, 0.29) is 18.6 Å². The van der Waals surface area contributed by atoms with Crippen molar-refractivity contribution in [1.29, 1.82) is 5.26 Å². The largest absolute Gasteiger partial charge is 0.394 e. The van der Waals surface area contributed by atoms with Gasteiger partial charge in [0.25, 0.3) is 5.91 Å². The number of morpholine rings is 1. The highest BCUT2D eigenvalue weighted by molar-refractivity contribution is 5.92. The number of ether oxygens (including phenoxy) is 1. The normalized spacial score (nSPS) is 19.3. The molecule has 1 aliphatic rings. The van der Waals surface area contributed by atoms with Crippen molar-refractivity contribution in [3.8, 4) is 6.07 Å². The number of hydrogen-bond donors (Lipinski definition) is 1. The molecule has 2 heterocycles. The van der Waals surface area contributed by atoms with E-state index in [1.165, 1.54) is 12.3 Å². The third-order valence-corrected chi connectivity index (χ3v) is 2.74. The van der Waals surface area contributed by atoms with Gasteiger partial charge in [-0.1, -0.05) is 0 Å². The molecular weight excluding hydrogens is 234 g/mol. The van der Waals surface area contributed by atoms with Crippen LogP contribution in [0.2, 0.25) is 0 Å². The van der Waals surface area contributed by atoms with Crippen LogP contribution in [0.5, 0.6) is 0 Å². The second-order valence-corrected chi connectivity index (χ2v) is 3.97. The fourth-order valence-corrected chi connectivity index (χ4v) is 1.76. The lowest BCUT2D eigenvalue weighted by molar-refractivity contribution is -0.0448. The number of nitrogens with zero attached hydrogens (tertiary/aromatic N) is 3. The van der Waals surface area contributed by atoms with Gasteiger partial charge in [0.2, 0.25) is 0 Å². The molecule has 6 heteroatoms. The van der Waals surface area contributed by atoms with Crippen LogP contribution in [-0.4, -0.2) is 53.3 Å². The second-order valence-electron chi connectivity index (χ2n) is 3.97. The molecule has 0 saturated carbocycles. The first-order valence-corrected chi connectivity index (χ1v) is 5.62. The minimum atomic E-state index is -0.332. The summed E-state index contributed by atoms with van der Waals surface area (Å²) in [6, 6.07) is 5.04. The maximum absolute atomic E-state index is 12.1. The van der Waals surface area contributed by atoms with Crippen molar-refractivity contribution in [2.45, 2.75) is 6.10 Å². The standard InChI is InChI=1S/C12H13N3O3/c13-5-9-1-2-11(14-6-9)12(17)15-3-4-18-10(7-15)8-16/h1-2,6,10,16H,3-4,7-8H2. The Balaban J connectivity index is 2.08. The van der Waals surface area contributed by atoms with Crippen molar-refractivity contribution in [2.75, 3.05) is 26.3 Å². The van der Waals surface area contributed by atoms with Crippen LogP contribution in [0.4, 0.5) is 0 Å². The summed E-state index contributed by atoms with van der Waals surface area (Å²) in [4.78, 5) is 17.7. The fourth-order valence-electron chi connectivity index (χ4n) is 1.76. The van der Waals surface area contributed by atoms with E-state index in [4.69, 9.17) is 15.1 Å². The first-order chi connectivity index (χ1) is 8.74. The topological polar surface area (TPSA) is 86.5 Å². The quantitative estimate of drug-likeness (QED) is 0.781. The Hall–Kier alpha value is -1.97. The van der Waals surface area contributed by atoms with E-state index in [1.807, 2.05) is 6.07 Å². The van der Waals surface area contributed by atoms with Gasteiger partial charge >= 0.3 is 0 Å². The number of nitriles is 1. The third-order valence-electron chi connectivity index (χ3n) is 2.74. The van der Waals surface area contributed by atoms with E-state index in [2.05, 4.69) is 4.98 Å². The number of pyridine rings is 1. The molecule has 94 valence electrons. The molecule has 1 atom stereocenters. The van der Waals surface area contributed by atoms with Crippen molar-refractivity contribution in [3.05, 3.63) is 29.6 Å². The minimum Gasteiger partial charge on any atom is -0.394 e. The summed E-state index contributed by atoms with van der Waals surface area (Å²) >= 11 is 0. The molecular formula is C12H13N3O3. The monoisotopic (exact) mass is 247 g/mol. The summed E-state index contributed by atoms with van der Waals surface area (Å²) in [7, 11) is 0. The van der Waals surface area contributed by atoms with Gasteiger partial charge in [-0.15, -0.1) is 0 Å². The van der Waals surface area contributed by atoms with Crippen molar-refractivity contribution < 1.29 is 14.6 Å². The van der Waals surface area contributed by atoms with Crippen molar-refractivity contribution >= 4 is 5.91 Å². The summed E-state index contributed by atoms with van der Waals surface area (Å²) in [5.41, 5.74) is 0.717. The molecule has 1 aromatic heterocycles. The molecule has 1 saturated heterocycles. The highest BCUT2D eigenvalue weighted by Gasteiger charge is 2.25. The van der Waals surface area contributed by atoms with E-state index >= 15 is 0 Å². The zero-order valence-corrected chi connectivity index (χ0v) is 9.74. The lowest BCUT2D eigenvalue weighted by Crippen LogP contribution is -2.47. The highest BCUT2D eigenvalue weighted by Crippen LogP contribution is 2.09. The number of carbonyl (C=O) groups is 1. The first-order valence-electron chi connectivity index (χ1n) is 5.62. The van der Waals surface area contributed by atoms with Gasteiger partial charge in [-0.25, -0.2) is 4.98 Å². The van der Waals surface area contributed by atoms with Gasteiger partial charge in [0.05, 0.1) is 24.9 Å². The van der Waals surface area contributed by atoms with Crippen LogP contribution in [-0.2, 0) is 4.74 Å². The smallest absolute Gasteiger partial charge is 0.272 e. The van der Waals surface area contributed by atoms with Gasteiger partial charge in [-0.05, 0) is 12.1 Å². The number of aliphatic hydroxyl groups is 1. The molecule has 0 aromatic carbocycles. The summed E-state index contributed by atoms with van der Waals surface area (Å²) in [6.07, 6.45) is 1.04. The van der Waals surface area contributed by atoms with E-state index in [1.54, 1.807) is 11.0 Å². The maximum atomic E-state index is 12.1. The van der Waals surface area contributed by atoms with E-state index in [0.29, 0.717) is 31.0 Å². The van der Waals surface area contributed by atoms with Crippen molar-refractivity contribution in [3.63, 3.8) is 0 Å². The maximum Gasteiger partial charge on any atom is 0.272 e. The van der Waals surface area contributed by atoms with Gasteiger partial charge in [0, 0.05) is 19.3 Å². The summed E-state index contributed by atoms with van der Waals surface area (Å²) in [5.74, 6) is -0.207. The number of aliphatic hydroxyl groups excluding tert-OH is 1. The Kier molecular flexibility index (Phi) is 3.87. The lowest BCUT2D eigenvalue weighted by Gasteiger charge is -2.31. The average molecular weight is 247 g/mol. The SMILES string of the molecule is N#Cc1ccc(C(=O)N2CCOC(CO)C2)nc1. The highest BCUT2D eigenvalue weighted by atomic mass is 16.5. The van der Waals surface area contributed by atoms with Crippen LogP contribution in [0.25, 0.3) is 0 Å². The number of hydrogen-bond acceptors (Lipinski definition) is 5. The minimum absolute atomic E-state index is 0.107. The molecule has 1 unspecified atom stereocenters. The van der Waals surface area contributed by atoms with Crippen LogP contribution in [0.1, 0.15) is 16.1 Å². The van der Waals surface area contributed by atoms with Crippen LogP contribution in [0, 0.1) is 11.3 Å². The Labute approximate surface area is 104 Å². The fraction of sp³-hybridized carbons (Fsp3) is 0.417. The van der Waals surface area contributed by atoms with E-state index < -0.39 is 0 Å². The number of amides is 1. The van der Waals surface area contributed by atoms with Crippen LogP contribution in [0.15, 0.2) is 18.3 Å². The molecule has 1 N–H and O–H groups in total. The van der Waals surface area contributed by atoms with Crippen LogP contribution in [0.3, 0.4) is 0 Å². The molecule has 1 aliphatic heterocycles. The molecule has 0 bridgehead atoms. The summed E-state index contributed by atoms with van der Waals surface area (Å²) < 4.78 is 5.27. The molecule has 1 amide bonds. The third kappa shape index (κ3) is 2.64. The van der Waals surface area contributed by atoms with E-state index in [9.17, 15) is 4.79 Å². The Morgan fingerprint density at radius 1 is 1.67 bits per heavy atom. The van der Waals surface area contributed by atoms with Gasteiger partial charge in [-0.2, -0.15) is 5.26 Å². The zero-order chi connectivity index (χ0) is 13.0. The number of carbonyl (C=O) groups excluding carboxylic acids is 1. The molecule has 0 spiro atoms. The van der Waals surface area contributed by atoms with Crippen LogP contribution >= 0.6 is 0 Å². The van der Waals surface area contributed by atoms with Gasteiger partial charge in [0.1, 0.15) is 11.8 Å².